The molecule has 0 saturated heterocycles. The van der Waals surface area contributed by atoms with E-state index in [0.717, 1.165) is 27.9 Å². The molecule has 3 heterocycles. The Kier molecular flexibility index (Phi) is 5.78. The van der Waals surface area contributed by atoms with Crippen molar-refractivity contribution in [2.45, 2.75) is 40.7 Å². The molecule has 0 radical (unpaired) electrons. The van der Waals surface area contributed by atoms with Gasteiger partial charge < -0.3 is 9.72 Å². The van der Waals surface area contributed by atoms with E-state index in [-0.39, 0.29) is 17.5 Å². The van der Waals surface area contributed by atoms with Crippen molar-refractivity contribution in [3.63, 3.8) is 0 Å². The summed E-state index contributed by atoms with van der Waals surface area (Å²) in [6.45, 7) is 8.63. The molecule has 0 fully saturated rings. The van der Waals surface area contributed by atoms with Crippen molar-refractivity contribution in [3.05, 3.63) is 79.1 Å². The molecule has 0 aliphatic heterocycles. The number of hydrogen-bond acceptors (Lipinski definition) is 5. The minimum atomic E-state index is -0.201. The van der Waals surface area contributed by atoms with Crippen LogP contribution < -0.4 is 15.7 Å². The van der Waals surface area contributed by atoms with E-state index in [1.807, 2.05) is 19.2 Å². The van der Waals surface area contributed by atoms with Crippen LogP contribution in [0.15, 0.2) is 45.4 Å². The van der Waals surface area contributed by atoms with E-state index in [2.05, 4.69) is 42.0 Å². The third-order valence-electron chi connectivity index (χ3n) is 5.28. The van der Waals surface area contributed by atoms with Gasteiger partial charge in [-0.05, 0) is 38.3 Å². The van der Waals surface area contributed by atoms with Crippen molar-refractivity contribution in [1.29, 1.82) is 0 Å². The Balaban J connectivity index is 1.78. The maximum atomic E-state index is 13.5. The summed E-state index contributed by atoms with van der Waals surface area (Å²) in [7, 11) is 0. The molecule has 7 heteroatoms. The maximum absolute atomic E-state index is 13.5. The zero-order chi connectivity index (χ0) is 22.1. The first-order chi connectivity index (χ1) is 14.9. The van der Waals surface area contributed by atoms with Gasteiger partial charge in [0.1, 0.15) is 10.7 Å². The number of aromatic amines is 1. The van der Waals surface area contributed by atoms with Gasteiger partial charge in [-0.25, -0.2) is 4.98 Å². The van der Waals surface area contributed by atoms with Crippen LogP contribution in [0.1, 0.15) is 36.0 Å². The van der Waals surface area contributed by atoms with Crippen molar-refractivity contribution in [3.8, 4) is 16.9 Å². The number of hydrogen-bond donors (Lipinski definition) is 1. The summed E-state index contributed by atoms with van der Waals surface area (Å²) in [5, 5.41) is 2.62. The SMILES string of the molecule is CCCOc1c[nH]c(Cn2c(C)nc3scc(-c4ccc(C)cc4C)c3c2=O)cc1=O. The Hall–Kier alpha value is -3.19. The number of ether oxygens (including phenoxy) is 1. The van der Waals surface area contributed by atoms with Crippen LogP contribution in [-0.4, -0.2) is 21.1 Å². The van der Waals surface area contributed by atoms with Gasteiger partial charge in [-0.3, -0.25) is 14.2 Å². The number of fused-ring (bicyclic) bond motifs is 1. The molecule has 6 nitrogen and oxygen atoms in total. The maximum Gasteiger partial charge on any atom is 0.263 e. The third kappa shape index (κ3) is 4.05. The van der Waals surface area contributed by atoms with Crippen LogP contribution >= 0.6 is 11.3 Å². The normalized spacial score (nSPS) is 11.2. The van der Waals surface area contributed by atoms with Crippen LogP contribution in [0.5, 0.6) is 5.75 Å². The van der Waals surface area contributed by atoms with Crippen molar-refractivity contribution in [2.24, 2.45) is 0 Å². The van der Waals surface area contributed by atoms with E-state index in [0.29, 0.717) is 29.3 Å². The average Bonchev–Trinajstić information content (AvgIpc) is 3.14. The summed E-state index contributed by atoms with van der Waals surface area (Å²) in [5.74, 6) is 0.900. The molecule has 0 unspecified atom stereocenters. The fourth-order valence-electron chi connectivity index (χ4n) is 3.71. The lowest BCUT2D eigenvalue weighted by molar-refractivity contribution is 0.313. The molecule has 1 N–H and O–H groups in total. The van der Waals surface area contributed by atoms with Gasteiger partial charge in [0.25, 0.3) is 5.56 Å². The number of pyridine rings is 1. The first-order valence-corrected chi connectivity index (χ1v) is 11.2. The van der Waals surface area contributed by atoms with Gasteiger partial charge >= 0.3 is 0 Å². The van der Waals surface area contributed by atoms with Crippen LogP contribution in [0.2, 0.25) is 0 Å². The minimum Gasteiger partial charge on any atom is -0.488 e. The second-order valence-corrected chi connectivity index (χ2v) is 8.59. The molecule has 0 amide bonds. The van der Waals surface area contributed by atoms with E-state index in [4.69, 9.17) is 4.74 Å². The topological polar surface area (TPSA) is 77.0 Å². The summed E-state index contributed by atoms with van der Waals surface area (Å²) in [6.07, 6.45) is 2.39. The van der Waals surface area contributed by atoms with E-state index in [9.17, 15) is 9.59 Å². The molecule has 0 aliphatic carbocycles. The van der Waals surface area contributed by atoms with E-state index < -0.39 is 0 Å². The number of aromatic nitrogens is 3. The number of thiophene rings is 1. The molecule has 0 spiro atoms. The predicted octanol–water partition coefficient (Wildman–Crippen LogP) is 4.58. The molecule has 31 heavy (non-hydrogen) atoms. The van der Waals surface area contributed by atoms with Gasteiger partial charge in [0, 0.05) is 28.9 Å². The van der Waals surface area contributed by atoms with Crippen LogP contribution in [-0.2, 0) is 6.54 Å². The Morgan fingerprint density at radius 3 is 2.65 bits per heavy atom. The quantitative estimate of drug-likeness (QED) is 0.481. The second kappa shape index (κ2) is 8.51. The van der Waals surface area contributed by atoms with Crippen LogP contribution in [0, 0.1) is 20.8 Å². The molecule has 4 rings (SSSR count). The summed E-state index contributed by atoms with van der Waals surface area (Å²) in [6, 6.07) is 7.72. The van der Waals surface area contributed by atoms with Gasteiger partial charge in [-0.1, -0.05) is 30.7 Å². The Labute approximate surface area is 184 Å². The fourth-order valence-corrected chi connectivity index (χ4v) is 4.69. The van der Waals surface area contributed by atoms with Gasteiger partial charge in [0.2, 0.25) is 5.43 Å². The van der Waals surface area contributed by atoms with Crippen molar-refractivity contribution < 1.29 is 4.74 Å². The lowest BCUT2D eigenvalue weighted by atomic mass is 9.99. The molecule has 0 atom stereocenters. The lowest BCUT2D eigenvalue weighted by Gasteiger charge is -2.12. The van der Waals surface area contributed by atoms with Gasteiger partial charge in [0.05, 0.1) is 18.5 Å². The second-order valence-electron chi connectivity index (χ2n) is 7.73. The molecule has 0 aliphatic rings. The standard InChI is InChI=1S/C24H25N3O3S/c1-5-8-30-21-11-25-17(10-20(21)28)12-27-16(4)26-23-22(24(27)29)19(13-31-23)18-7-6-14(2)9-15(18)3/h6-7,9-11,13H,5,8,12H2,1-4H3,(H,25,28). The van der Waals surface area contributed by atoms with Gasteiger partial charge in [-0.2, -0.15) is 0 Å². The van der Waals surface area contributed by atoms with Crippen molar-refractivity contribution in [1.82, 2.24) is 14.5 Å². The number of nitrogens with one attached hydrogen (secondary N) is 1. The molecule has 4 aromatic rings. The Morgan fingerprint density at radius 1 is 1.13 bits per heavy atom. The highest BCUT2D eigenvalue weighted by molar-refractivity contribution is 7.17. The lowest BCUT2D eigenvalue weighted by Crippen LogP contribution is -2.25. The highest BCUT2D eigenvalue weighted by Crippen LogP contribution is 2.33. The van der Waals surface area contributed by atoms with E-state index in [1.165, 1.54) is 23.0 Å². The van der Waals surface area contributed by atoms with E-state index in [1.54, 1.807) is 10.8 Å². The smallest absolute Gasteiger partial charge is 0.263 e. The zero-order valence-corrected chi connectivity index (χ0v) is 18.9. The highest BCUT2D eigenvalue weighted by Gasteiger charge is 2.17. The molecule has 3 aromatic heterocycles. The predicted molar refractivity (Wildman–Crippen MR) is 125 cm³/mol. The number of H-pyrrole nitrogens is 1. The molecular formula is C24H25N3O3S. The average molecular weight is 436 g/mol. The summed E-state index contributed by atoms with van der Waals surface area (Å²) >= 11 is 1.48. The third-order valence-corrected chi connectivity index (χ3v) is 6.16. The highest BCUT2D eigenvalue weighted by atomic mass is 32.1. The summed E-state index contributed by atoms with van der Waals surface area (Å²) in [5.41, 5.74) is 4.57. The van der Waals surface area contributed by atoms with Crippen molar-refractivity contribution in [2.75, 3.05) is 6.61 Å². The van der Waals surface area contributed by atoms with Gasteiger partial charge in [0.15, 0.2) is 5.75 Å². The largest absolute Gasteiger partial charge is 0.488 e. The monoisotopic (exact) mass is 435 g/mol. The number of rotatable bonds is 6. The molecule has 0 saturated carbocycles. The fraction of sp³-hybridized carbons (Fsp3) is 0.292. The van der Waals surface area contributed by atoms with Crippen molar-refractivity contribution >= 4 is 21.6 Å². The summed E-state index contributed by atoms with van der Waals surface area (Å²) < 4.78 is 7.06. The molecule has 160 valence electrons. The summed E-state index contributed by atoms with van der Waals surface area (Å²) in [4.78, 5) is 34.3. The number of nitrogens with zero attached hydrogens (tertiary/aromatic N) is 2. The number of benzene rings is 1. The molecular weight excluding hydrogens is 410 g/mol. The first-order valence-electron chi connectivity index (χ1n) is 10.3. The molecule has 0 bridgehead atoms. The minimum absolute atomic E-state index is 0.106. The zero-order valence-electron chi connectivity index (χ0n) is 18.1. The van der Waals surface area contributed by atoms with E-state index >= 15 is 0 Å². The molecule has 1 aromatic carbocycles. The Morgan fingerprint density at radius 2 is 1.94 bits per heavy atom. The number of aryl methyl sites for hydroxylation is 3. The van der Waals surface area contributed by atoms with Crippen LogP contribution in [0.4, 0.5) is 0 Å². The Bertz CT molecular complexity index is 1380. The van der Waals surface area contributed by atoms with Crippen LogP contribution in [0.3, 0.4) is 0 Å². The van der Waals surface area contributed by atoms with Gasteiger partial charge in [-0.15, -0.1) is 11.3 Å². The van der Waals surface area contributed by atoms with Crippen LogP contribution in [0.25, 0.3) is 21.3 Å². The first kappa shape index (κ1) is 21.1.